The van der Waals surface area contributed by atoms with Crippen LogP contribution in [-0.2, 0) is 24.6 Å². The van der Waals surface area contributed by atoms with Gasteiger partial charge in [0, 0.05) is 24.3 Å². The van der Waals surface area contributed by atoms with Crippen LogP contribution in [0.5, 0.6) is 0 Å². The third-order valence-electron chi connectivity index (χ3n) is 7.88. The molecule has 0 bridgehead atoms. The summed E-state index contributed by atoms with van der Waals surface area (Å²) in [5, 5.41) is 21.7. The summed E-state index contributed by atoms with van der Waals surface area (Å²) in [6, 6.07) is 22.0. The molecule has 4 N–H and O–H groups in total. The van der Waals surface area contributed by atoms with Gasteiger partial charge in [-0.3, -0.25) is 0 Å². The lowest BCUT2D eigenvalue weighted by molar-refractivity contribution is -0.198. The number of benzene rings is 3. The number of para-hydroxylation sites is 1. The van der Waals surface area contributed by atoms with Crippen molar-refractivity contribution in [2.24, 2.45) is 11.7 Å². The van der Waals surface area contributed by atoms with Gasteiger partial charge >= 0.3 is 23.9 Å². The van der Waals surface area contributed by atoms with Gasteiger partial charge in [0.05, 0.1) is 16.7 Å². The maximum Gasteiger partial charge on any atom is 0.355 e. The molecule has 1 fully saturated rings. The predicted molar refractivity (Wildman–Crippen MR) is 163 cm³/mol. The van der Waals surface area contributed by atoms with E-state index in [-0.39, 0.29) is 29.0 Å². The number of rotatable bonds is 12. The summed E-state index contributed by atoms with van der Waals surface area (Å²) in [4.78, 5) is 55.9. The van der Waals surface area contributed by atoms with Crippen LogP contribution >= 0.6 is 0 Å². The summed E-state index contributed by atoms with van der Waals surface area (Å²) in [5.74, 6) is -6.28. The van der Waals surface area contributed by atoms with Gasteiger partial charge in [-0.15, -0.1) is 0 Å². The second kappa shape index (κ2) is 13.7. The molecular formula is C34H38N2O8. The first-order valence-corrected chi connectivity index (χ1v) is 14.6. The van der Waals surface area contributed by atoms with Crippen LogP contribution in [0.3, 0.4) is 0 Å². The third-order valence-corrected chi connectivity index (χ3v) is 7.88. The van der Waals surface area contributed by atoms with Gasteiger partial charge in [-0.1, -0.05) is 68.4 Å². The lowest BCUT2D eigenvalue weighted by atomic mass is 9.66. The van der Waals surface area contributed by atoms with E-state index in [0.717, 1.165) is 19.3 Å². The molecule has 44 heavy (non-hydrogen) atoms. The number of piperidine rings is 1. The highest BCUT2D eigenvalue weighted by Crippen LogP contribution is 2.47. The van der Waals surface area contributed by atoms with Crippen molar-refractivity contribution in [3.8, 4) is 0 Å². The van der Waals surface area contributed by atoms with Crippen molar-refractivity contribution in [1.82, 2.24) is 0 Å². The van der Waals surface area contributed by atoms with Crippen LogP contribution in [0, 0.1) is 5.92 Å². The number of nitrogens with two attached hydrogens (primary N) is 1. The second-order valence-corrected chi connectivity index (χ2v) is 11.4. The number of hydrogen-bond donors (Lipinski definition) is 3. The lowest BCUT2D eigenvalue weighted by Gasteiger charge is -2.48. The molecule has 1 aliphatic heterocycles. The van der Waals surface area contributed by atoms with Crippen LogP contribution in [0.1, 0.15) is 65.8 Å². The Morgan fingerprint density at radius 3 is 1.84 bits per heavy atom. The number of nitrogens with zero attached hydrogens (tertiary/aromatic N) is 1. The van der Waals surface area contributed by atoms with Gasteiger partial charge in [0.2, 0.25) is 0 Å². The van der Waals surface area contributed by atoms with Crippen molar-refractivity contribution in [2.75, 3.05) is 18.0 Å². The van der Waals surface area contributed by atoms with Gasteiger partial charge in [0.15, 0.2) is 0 Å². The Morgan fingerprint density at radius 1 is 0.795 bits per heavy atom. The van der Waals surface area contributed by atoms with E-state index in [4.69, 9.17) is 15.2 Å². The average molecular weight is 603 g/mol. The molecular weight excluding hydrogens is 564 g/mol. The molecule has 1 saturated heterocycles. The fraction of sp³-hybridized carbons (Fsp3) is 0.353. The van der Waals surface area contributed by atoms with E-state index in [1.165, 1.54) is 24.3 Å². The Hall–Kier alpha value is -4.70. The fourth-order valence-corrected chi connectivity index (χ4v) is 5.93. The van der Waals surface area contributed by atoms with E-state index in [0.29, 0.717) is 18.8 Å². The van der Waals surface area contributed by atoms with Crippen LogP contribution in [0.4, 0.5) is 5.69 Å². The Balaban J connectivity index is 2.01. The number of carboxylic acid groups (broad SMARTS) is 2. The highest BCUT2D eigenvalue weighted by Gasteiger charge is 2.69. The molecule has 0 aromatic heterocycles. The zero-order chi connectivity index (χ0) is 31.9. The van der Waals surface area contributed by atoms with Crippen molar-refractivity contribution in [1.29, 1.82) is 0 Å². The molecule has 0 amide bonds. The van der Waals surface area contributed by atoms with Crippen LogP contribution in [0.2, 0.25) is 0 Å². The zero-order valence-corrected chi connectivity index (χ0v) is 24.8. The monoisotopic (exact) mass is 602 g/mol. The van der Waals surface area contributed by atoms with Gasteiger partial charge in [-0.05, 0) is 61.9 Å². The number of aliphatic carboxylic acids is 2. The fourth-order valence-electron chi connectivity index (χ4n) is 5.93. The summed E-state index contributed by atoms with van der Waals surface area (Å²) in [6.45, 7) is 4.93. The summed E-state index contributed by atoms with van der Waals surface area (Å²) in [5.41, 5.74) is 2.73. The molecule has 10 nitrogen and oxygen atoms in total. The highest BCUT2D eigenvalue weighted by molar-refractivity contribution is 5.98. The lowest BCUT2D eigenvalue weighted by Crippen LogP contribution is -2.72. The molecule has 3 atom stereocenters. The van der Waals surface area contributed by atoms with Crippen molar-refractivity contribution in [3.63, 3.8) is 0 Å². The van der Waals surface area contributed by atoms with E-state index < -0.39 is 41.1 Å². The molecule has 3 unspecified atom stereocenters. The molecule has 0 saturated carbocycles. The number of carboxylic acids is 2. The summed E-state index contributed by atoms with van der Waals surface area (Å²) in [7, 11) is 0. The minimum absolute atomic E-state index is 0.0207. The molecule has 3 aromatic carbocycles. The molecule has 4 rings (SSSR count). The minimum atomic E-state index is -3.12. The van der Waals surface area contributed by atoms with Gasteiger partial charge in [0.25, 0.3) is 11.7 Å². The first kappa shape index (κ1) is 32.2. The molecule has 3 aromatic rings. The quantitative estimate of drug-likeness (QED) is 0.245. The molecule has 1 heterocycles. The van der Waals surface area contributed by atoms with E-state index in [1.807, 2.05) is 0 Å². The number of carbonyl (C=O) groups excluding carboxylic acids is 2. The van der Waals surface area contributed by atoms with Crippen molar-refractivity contribution in [3.05, 3.63) is 102 Å². The first-order valence-electron chi connectivity index (χ1n) is 14.6. The SMILES string of the molecule is CC(C)CC(N)(c1ccccc1N1CCCCC1)C(OC(=O)c1ccccc1)(C(=O)O)C(OC(=O)c1ccccc1)C(=O)O. The highest BCUT2D eigenvalue weighted by atomic mass is 16.6. The summed E-state index contributed by atoms with van der Waals surface area (Å²) in [6.07, 6.45) is 0.144. The van der Waals surface area contributed by atoms with Crippen LogP contribution in [0.15, 0.2) is 84.9 Å². The maximum absolute atomic E-state index is 13.7. The summed E-state index contributed by atoms with van der Waals surface area (Å²) < 4.78 is 11.4. The normalized spacial score (nSPS) is 16.7. The number of ether oxygens (including phenoxy) is 2. The van der Waals surface area contributed by atoms with Crippen molar-refractivity contribution < 1.29 is 38.9 Å². The molecule has 232 valence electrons. The van der Waals surface area contributed by atoms with Gasteiger partial charge in [-0.2, -0.15) is 0 Å². The van der Waals surface area contributed by atoms with Crippen molar-refractivity contribution >= 4 is 29.6 Å². The van der Waals surface area contributed by atoms with Gasteiger partial charge in [0.1, 0.15) is 0 Å². The van der Waals surface area contributed by atoms with E-state index >= 15 is 0 Å². The van der Waals surface area contributed by atoms with E-state index in [2.05, 4.69) is 4.90 Å². The van der Waals surface area contributed by atoms with Gasteiger partial charge < -0.3 is 30.3 Å². The second-order valence-electron chi connectivity index (χ2n) is 11.4. The largest absolute Gasteiger partial charge is 0.478 e. The molecule has 10 heteroatoms. The zero-order valence-electron chi connectivity index (χ0n) is 24.8. The van der Waals surface area contributed by atoms with E-state index in [1.54, 1.807) is 74.5 Å². The Labute approximate surface area is 256 Å². The number of carbonyl (C=O) groups is 4. The maximum atomic E-state index is 13.7. The molecule has 0 radical (unpaired) electrons. The number of hydrogen-bond acceptors (Lipinski definition) is 8. The topological polar surface area (TPSA) is 156 Å². The minimum Gasteiger partial charge on any atom is -0.478 e. The van der Waals surface area contributed by atoms with Crippen LogP contribution in [-0.4, -0.2) is 58.9 Å². The molecule has 1 aliphatic rings. The predicted octanol–water partition coefficient (Wildman–Crippen LogP) is 4.87. The Kier molecular flexibility index (Phi) is 10.1. The van der Waals surface area contributed by atoms with Crippen LogP contribution in [0.25, 0.3) is 0 Å². The van der Waals surface area contributed by atoms with Crippen molar-refractivity contribution in [2.45, 2.75) is 56.8 Å². The third kappa shape index (κ3) is 6.45. The number of esters is 2. The van der Waals surface area contributed by atoms with Crippen LogP contribution < -0.4 is 10.6 Å². The Morgan fingerprint density at radius 2 is 1.32 bits per heavy atom. The number of anilines is 1. The molecule has 0 aliphatic carbocycles. The van der Waals surface area contributed by atoms with Gasteiger partial charge in [-0.25, -0.2) is 19.2 Å². The Bertz CT molecular complexity index is 1470. The average Bonchev–Trinajstić information content (AvgIpc) is 3.03. The smallest absolute Gasteiger partial charge is 0.355 e. The first-order chi connectivity index (χ1) is 21.0. The summed E-state index contributed by atoms with van der Waals surface area (Å²) >= 11 is 0. The standard InChI is InChI=1S/C34H38N2O8/c1-23(2)22-33(35,26-18-10-11-19-27(26)36-20-12-5-13-21-36)34(32(41)42,44-31(40)25-16-8-4-9-17-25)28(29(37)38)43-30(39)24-14-6-3-7-15-24/h3-4,6-11,14-19,23,28H,5,12-13,20-22,35H2,1-2H3,(H,37,38)(H,41,42). The molecule has 0 spiro atoms. The van der Waals surface area contributed by atoms with E-state index in [9.17, 15) is 29.4 Å².